The third kappa shape index (κ3) is 5.57. The fourth-order valence-electron chi connectivity index (χ4n) is 3.10. The topological polar surface area (TPSA) is 67.9 Å². The van der Waals surface area contributed by atoms with Gasteiger partial charge >= 0.3 is 0 Å². The Labute approximate surface area is 165 Å². The number of hydrogen-bond donors (Lipinski definition) is 1. The maximum absolute atomic E-state index is 12.3. The van der Waals surface area contributed by atoms with Crippen LogP contribution in [0.4, 0.5) is 5.69 Å². The third-order valence-corrected chi connectivity index (χ3v) is 4.81. The van der Waals surface area contributed by atoms with Crippen molar-refractivity contribution in [1.82, 2.24) is 5.32 Å². The fraction of sp³-hybridized carbons (Fsp3) is 0.364. The number of benzene rings is 2. The number of amides is 1. The van der Waals surface area contributed by atoms with Gasteiger partial charge in [-0.2, -0.15) is 0 Å². The molecule has 1 aliphatic heterocycles. The summed E-state index contributed by atoms with van der Waals surface area (Å²) in [5.41, 5.74) is 2.75. The van der Waals surface area contributed by atoms with E-state index < -0.39 is 0 Å². The molecule has 6 nitrogen and oxygen atoms in total. The van der Waals surface area contributed by atoms with E-state index in [1.165, 1.54) is 0 Å². The Kier molecular flexibility index (Phi) is 7.03. The summed E-state index contributed by atoms with van der Waals surface area (Å²) in [5.74, 6) is 0.568. The van der Waals surface area contributed by atoms with Gasteiger partial charge in [-0.3, -0.25) is 9.59 Å². The lowest BCUT2D eigenvalue weighted by atomic mass is 10.1. The lowest BCUT2D eigenvalue weighted by Gasteiger charge is -2.28. The molecular formula is C22H26N2O4. The van der Waals surface area contributed by atoms with Crippen LogP contribution in [-0.4, -0.2) is 51.6 Å². The fourth-order valence-corrected chi connectivity index (χ4v) is 3.10. The van der Waals surface area contributed by atoms with Gasteiger partial charge in [-0.15, -0.1) is 0 Å². The average Bonchev–Trinajstić information content (AvgIpc) is 2.77. The number of Topliss-reactive ketones (excluding diaryl/α,β-unsaturated/α-hetero) is 1. The quantitative estimate of drug-likeness (QED) is 0.711. The summed E-state index contributed by atoms with van der Waals surface area (Å²) in [4.78, 5) is 26.6. The second-order valence-electron chi connectivity index (χ2n) is 6.69. The van der Waals surface area contributed by atoms with Gasteiger partial charge in [0.2, 0.25) is 5.91 Å². The highest BCUT2D eigenvalue weighted by molar-refractivity contribution is 5.99. The maximum atomic E-state index is 12.3. The standard InChI is InChI=1S/C22H26N2O4/c1-27-20-9-2-17(3-10-20)4-11-22(26)23-16-21(25)18-5-7-19(8-6-18)24-12-14-28-15-13-24/h2-3,5-10H,4,11-16H2,1H3,(H,23,26). The Morgan fingerprint density at radius 3 is 2.36 bits per heavy atom. The monoisotopic (exact) mass is 382 g/mol. The van der Waals surface area contributed by atoms with Crippen molar-refractivity contribution in [2.24, 2.45) is 0 Å². The number of aryl methyl sites for hydroxylation is 1. The molecule has 1 fully saturated rings. The number of methoxy groups -OCH3 is 1. The molecule has 1 heterocycles. The Balaban J connectivity index is 1.43. The number of ether oxygens (including phenoxy) is 2. The van der Waals surface area contributed by atoms with Crippen molar-refractivity contribution in [2.45, 2.75) is 12.8 Å². The molecule has 1 amide bonds. The number of rotatable bonds is 8. The van der Waals surface area contributed by atoms with E-state index in [9.17, 15) is 9.59 Å². The summed E-state index contributed by atoms with van der Waals surface area (Å²) in [5, 5.41) is 2.71. The predicted octanol–water partition coefficient (Wildman–Crippen LogP) is 2.46. The summed E-state index contributed by atoms with van der Waals surface area (Å²) < 4.78 is 10.5. The van der Waals surface area contributed by atoms with Gasteiger partial charge in [-0.1, -0.05) is 12.1 Å². The molecule has 0 aromatic heterocycles. The molecule has 0 spiro atoms. The molecular weight excluding hydrogens is 356 g/mol. The van der Waals surface area contributed by atoms with E-state index >= 15 is 0 Å². The summed E-state index contributed by atoms with van der Waals surface area (Å²) in [6.07, 6.45) is 0.966. The van der Waals surface area contributed by atoms with Gasteiger partial charge in [0.25, 0.3) is 0 Å². The Bertz CT molecular complexity index is 781. The van der Waals surface area contributed by atoms with Gasteiger partial charge < -0.3 is 19.7 Å². The highest BCUT2D eigenvalue weighted by Crippen LogP contribution is 2.17. The first kappa shape index (κ1) is 19.9. The summed E-state index contributed by atoms with van der Waals surface area (Å²) in [7, 11) is 1.62. The van der Waals surface area contributed by atoms with Crippen LogP contribution in [-0.2, 0) is 16.0 Å². The van der Waals surface area contributed by atoms with Crippen LogP contribution >= 0.6 is 0 Å². The molecule has 3 rings (SSSR count). The summed E-state index contributed by atoms with van der Waals surface area (Å²) in [6.45, 7) is 3.18. The van der Waals surface area contributed by atoms with Gasteiger partial charge in [-0.25, -0.2) is 0 Å². The average molecular weight is 382 g/mol. The predicted molar refractivity (Wildman–Crippen MR) is 108 cm³/mol. The molecule has 0 saturated carbocycles. The van der Waals surface area contributed by atoms with Crippen LogP contribution in [0, 0.1) is 0 Å². The van der Waals surface area contributed by atoms with Crippen molar-refractivity contribution < 1.29 is 19.1 Å². The van der Waals surface area contributed by atoms with Gasteiger partial charge in [0.1, 0.15) is 5.75 Å². The molecule has 0 atom stereocenters. The second-order valence-corrected chi connectivity index (χ2v) is 6.69. The van der Waals surface area contributed by atoms with Crippen LogP contribution < -0.4 is 15.0 Å². The first-order valence-electron chi connectivity index (χ1n) is 9.51. The molecule has 0 bridgehead atoms. The number of ketones is 1. The first-order chi connectivity index (χ1) is 13.7. The smallest absolute Gasteiger partial charge is 0.220 e. The van der Waals surface area contributed by atoms with Gasteiger partial charge in [-0.05, 0) is 48.4 Å². The zero-order chi connectivity index (χ0) is 19.8. The third-order valence-electron chi connectivity index (χ3n) is 4.81. The number of hydrogen-bond acceptors (Lipinski definition) is 5. The van der Waals surface area contributed by atoms with E-state index in [-0.39, 0.29) is 18.2 Å². The number of morpholine rings is 1. The highest BCUT2D eigenvalue weighted by atomic mass is 16.5. The SMILES string of the molecule is COc1ccc(CCC(=O)NCC(=O)c2ccc(N3CCOCC3)cc2)cc1. The molecule has 148 valence electrons. The normalized spacial score (nSPS) is 13.8. The number of carbonyl (C=O) groups is 2. The lowest BCUT2D eigenvalue weighted by Crippen LogP contribution is -2.36. The molecule has 0 radical (unpaired) electrons. The van der Waals surface area contributed by atoms with Crippen LogP contribution in [0.1, 0.15) is 22.3 Å². The second kappa shape index (κ2) is 9.90. The van der Waals surface area contributed by atoms with Crippen LogP contribution in [0.25, 0.3) is 0 Å². The molecule has 6 heteroatoms. The van der Waals surface area contributed by atoms with Crippen LogP contribution in [0.2, 0.25) is 0 Å². The molecule has 0 unspecified atom stereocenters. The minimum Gasteiger partial charge on any atom is -0.497 e. The number of carbonyl (C=O) groups excluding carboxylic acids is 2. The Morgan fingerprint density at radius 2 is 1.71 bits per heavy atom. The Hall–Kier alpha value is -2.86. The van der Waals surface area contributed by atoms with Crippen LogP contribution in [0.15, 0.2) is 48.5 Å². The van der Waals surface area contributed by atoms with E-state index in [0.717, 1.165) is 43.3 Å². The van der Waals surface area contributed by atoms with E-state index in [1.54, 1.807) is 7.11 Å². The van der Waals surface area contributed by atoms with Crippen LogP contribution in [0.3, 0.4) is 0 Å². The molecule has 28 heavy (non-hydrogen) atoms. The van der Waals surface area contributed by atoms with Crippen LogP contribution in [0.5, 0.6) is 5.75 Å². The van der Waals surface area contributed by atoms with Crippen molar-refractivity contribution >= 4 is 17.4 Å². The molecule has 1 N–H and O–H groups in total. The highest BCUT2D eigenvalue weighted by Gasteiger charge is 2.13. The van der Waals surface area contributed by atoms with Crippen molar-refractivity contribution in [3.05, 3.63) is 59.7 Å². The lowest BCUT2D eigenvalue weighted by molar-refractivity contribution is -0.120. The molecule has 2 aromatic rings. The summed E-state index contributed by atoms with van der Waals surface area (Å²) in [6, 6.07) is 15.1. The van der Waals surface area contributed by atoms with Crippen molar-refractivity contribution in [3.8, 4) is 5.75 Å². The molecule has 1 aliphatic rings. The first-order valence-corrected chi connectivity index (χ1v) is 9.51. The number of nitrogens with zero attached hydrogens (tertiary/aromatic N) is 1. The molecule has 2 aromatic carbocycles. The zero-order valence-electron chi connectivity index (χ0n) is 16.1. The van der Waals surface area contributed by atoms with E-state index in [4.69, 9.17) is 9.47 Å². The minimum absolute atomic E-state index is 0.0122. The van der Waals surface area contributed by atoms with Gasteiger partial charge in [0.15, 0.2) is 5.78 Å². The van der Waals surface area contributed by atoms with Crippen molar-refractivity contribution in [1.29, 1.82) is 0 Å². The van der Waals surface area contributed by atoms with E-state index in [0.29, 0.717) is 18.4 Å². The largest absolute Gasteiger partial charge is 0.497 e. The van der Waals surface area contributed by atoms with E-state index in [1.807, 2.05) is 48.5 Å². The Morgan fingerprint density at radius 1 is 1.04 bits per heavy atom. The summed E-state index contributed by atoms with van der Waals surface area (Å²) >= 11 is 0. The number of anilines is 1. The maximum Gasteiger partial charge on any atom is 0.220 e. The number of nitrogens with one attached hydrogen (secondary N) is 1. The van der Waals surface area contributed by atoms with Crippen molar-refractivity contribution in [3.63, 3.8) is 0 Å². The van der Waals surface area contributed by atoms with E-state index in [2.05, 4.69) is 10.2 Å². The minimum atomic E-state index is -0.130. The van der Waals surface area contributed by atoms with Gasteiger partial charge in [0, 0.05) is 30.8 Å². The molecule has 0 aliphatic carbocycles. The van der Waals surface area contributed by atoms with Gasteiger partial charge in [0.05, 0.1) is 26.9 Å². The zero-order valence-corrected chi connectivity index (χ0v) is 16.1. The van der Waals surface area contributed by atoms with Crippen molar-refractivity contribution in [2.75, 3.05) is 44.9 Å². The molecule has 1 saturated heterocycles.